The maximum absolute atomic E-state index is 13.7. The van der Waals surface area contributed by atoms with Crippen LogP contribution in [0.5, 0.6) is 0 Å². The molecule has 1 aromatic heterocycles. The van der Waals surface area contributed by atoms with E-state index in [1.54, 1.807) is 43.6 Å². The lowest BCUT2D eigenvalue weighted by atomic mass is 10.1. The molecule has 1 saturated carbocycles. The Labute approximate surface area is 247 Å². The number of amides is 3. The van der Waals surface area contributed by atoms with Crippen LogP contribution in [0.15, 0.2) is 36.4 Å². The van der Waals surface area contributed by atoms with Gasteiger partial charge in [-0.2, -0.15) is 0 Å². The first kappa shape index (κ1) is 30.9. The van der Waals surface area contributed by atoms with Gasteiger partial charge in [-0.15, -0.1) is 0 Å². The molecule has 0 spiro atoms. The maximum Gasteiger partial charge on any atom is 0.409 e. The zero-order valence-corrected chi connectivity index (χ0v) is 24.9. The zero-order valence-electron chi connectivity index (χ0n) is 24.9. The first-order chi connectivity index (χ1) is 20.0. The van der Waals surface area contributed by atoms with E-state index < -0.39 is 23.6 Å². The van der Waals surface area contributed by atoms with Crippen LogP contribution in [0.2, 0.25) is 0 Å². The topological polar surface area (TPSA) is 131 Å². The summed E-state index contributed by atoms with van der Waals surface area (Å²) in [6.45, 7) is 8.72. The lowest BCUT2D eigenvalue weighted by Gasteiger charge is -2.36. The van der Waals surface area contributed by atoms with Gasteiger partial charge in [-0.25, -0.2) is 14.8 Å². The van der Waals surface area contributed by atoms with Crippen LogP contribution in [0.4, 0.5) is 4.79 Å². The summed E-state index contributed by atoms with van der Waals surface area (Å²) < 4.78 is 10.5. The average molecular weight is 580 g/mol. The van der Waals surface area contributed by atoms with Crippen molar-refractivity contribution < 1.29 is 28.7 Å². The zero-order chi connectivity index (χ0) is 30.3. The Morgan fingerprint density at radius 3 is 2.29 bits per heavy atom. The number of esters is 1. The molecule has 0 radical (unpaired) electrons. The monoisotopic (exact) mass is 579 g/mol. The minimum atomic E-state index is -0.881. The molecule has 1 atom stereocenters. The second kappa shape index (κ2) is 13.8. The van der Waals surface area contributed by atoms with Crippen LogP contribution in [-0.2, 0) is 19.1 Å². The molecule has 1 N–H and O–H groups in total. The van der Waals surface area contributed by atoms with Crippen molar-refractivity contribution in [3.05, 3.63) is 47.8 Å². The van der Waals surface area contributed by atoms with Crippen LogP contribution in [0.25, 0.3) is 11.4 Å². The summed E-state index contributed by atoms with van der Waals surface area (Å²) in [5, 5.41) is 2.89. The van der Waals surface area contributed by atoms with Gasteiger partial charge in [-0.05, 0) is 59.4 Å². The fourth-order valence-electron chi connectivity index (χ4n) is 4.76. The van der Waals surface area contributed by atoms with E-state index >= 15 is 0 Å². The first-order valence-corrected chi connectivity index (χ1v) is 14.7. The van der Waals surface area contributed by atoms with E-state index in [9.17, 15) is 19.2 Å². The first-order valence-electron chi connectivity index (χ1n) is 14.7. The lowest BCUT2D eigenvalue weighted by molar-refractivity contribution is -0.155. The minimum Gasteiger partial charge on any atom is -0.460 e. The van der Waals surface area contributed by atoms with Crippen molar-refractivity contribution in [2.45, 2.75) is 77.4 Å². The third-order valence-electron chi connectivity index (χ3n) is 7.02. The number of benzene rings is 1. The number of hydrogen-bond donors (Lipinski definition) is 1. The van der Waals surface area contributed by atoms with Gasteiger partial charge in [0.25, 0.3) is 5.91 Å². The molecule has 4 rings (SSSR count). The molecule has 11 nitrogen and oxygen atoms in total. The normalized spacial score (nSPS) is 16.0. The Morgan fingerprint density at radius 2 is 1.67 bits per heavy atom. The van der Waals surface area contributed by atoms with Crippen molar-refractivity contribution in [2.75, 3.05) is 32.8 Å². The molecule has 1 aromatic carbocycles. The van der Waals surface area contributed by atoms with Crippen LogP contribution in [0.3, 0.4) is 0 Å². The number of nitrogens with one attached hydrogen (secondary N) is 1. The maximum atomic E-state index is 13.7. The van der Waals surface area contributed by atoms with Gasteiger partial charge >= 0.3 is 12.1 Å². The van der Waals surface area contributed by atoms with E-state index in [4.69, 9.17) is 14.5 Å². The number of aromatic nitrogens is 2. The van der Waals surface area contributed by atoms with E-state index in [-0.39, 0.29) is 37.0 Å². The largest absolute Gasteiger partial charge is 0.460 e. The summed E-state index contributed by atoms with van der Waals surface area (Å²) in [4.78, 5) is 64.2. The third kappa shape index (κ3) is 8.74. The molecule has 42 heavy (non-hydrogen) atoms. The van der Waals surface area contributed by atoms with Crippen molar-refractivity contribution in [2.24, 2.45) is 0 Å². The fourth-order valence-corrected chi connectivity index (χ4v) is 4.76. The molecule has 1 aliphatic carbocycles. The van der Waals surface area contributed by atoms with E-state index in [0.717, 1.165) is 24.1 Å². The van der Waals surface area contributed by atoms with Gasteiger partial charge in [0.2, 0.25) is 5.91 Å². The molecule has 2 fully saturated rings. The number of piperazine rings is 1. The van der Waals surface area contributed by atoms with Gasteiger partial charge < -0.3 is 24.6 Å². The summed E-state index contributed by atoms with van der Waals surface area (Å²) >= 11 is 0. The van der Waals surface area contributed by atoms with Crippen molar-refractivity contribution in [3.63, 3.8) is 0 Å². The predicted octanol–water partition coefficient (Wildman–Crippen LogP) is 3.93. The fraction of sp³-hybridized carbons (Fsp3) is 0.548. The molecule has 11 heteroatoms. The second-order valence-electron chi connectivity index (χ2n) is 11.7. The summed E-state index contributed by atoms with van der Waals surface area (Å²) in [5.41, 5.74) is 1.21. The summed E-state index contributed by atoms with van der Waals surface area (Å²) in [6.07, 6.45) is 2.32. The van der Waals surface area contributed by atoms with Gasteiger partial charge in [0.05, 0.1) is 6.61 Å². The van der Waals surface area contributed by atoms with Gasteiger partial charge in [0.1, 0.15) is 17.3 Å². The Kier molecular flexibility index (Phi) is 10.1. The highest BCUT2D eigenvalue weighted by molar-refractivity contribution is 5.96. The average Bonchev–Trinajstić information content (AvgIpc) is 3.82. The quantitative estimate of drug-likeness (QED) is 0.419. The Morgan fingerprint density at radius 1 is 1.00 bits per heavy atom. The molecule has 0 bridgehead atoms. The number of ether oxygens (including phenoxy) is 2. The summed E-state index contributed by atoms with van der Waals surface area (Å²) in [7, 11) is 0. The lowest BCUT2D eigenvalue weighted by Crippen LogP contribution is -2.56. The Bertz CT molecular complexity index is 1270. The molecule has 2 aliphatic rings. The molecular weight excluding hydrogens is 538 g/mol. The molecular formula is C31H41N5O6. The van der Waals surface area contributed by atoms with E-state index in [0.29, 0.717) is 44.3 Å². The third-order valence-corrected chi connectivity index (χ3v) is 7.02. The smallest absolute Gasteiger partial charge is 0.409 e. The van der Waals surface area contributed by atoms with Crippen molar-refractivity contribution >= 4 is 23.9 Å². The number of hydrogen-bond acceptors (Lipinski definition) is 8. The Balaban J connectivity index is 1.49. The predicted molar refractivity (Wildman–Crippen MR) is 156 cm³/mol. The van der Waals surface area contributed by atoms with Crippen LogP contribution >= 0.6 is 0 Å². The highest BCUT2D eigenvalue weighted by Crippen LogP contribution is 2.39. The number of rotatable bonds is 10. The highest BCUT2D eigenvalue weighted by Gasteiger charge is 2.32. The molecule has 1 saturated heterocycles. The van der Waals surface area contributed by atoms with E-state index in [2.05, 4.69) is 10.3 Å². The highest BCUT2D eigenvalue weighted by atomic mass is 16.6. The van der Waals surface area contributed by atoms with Gasteiger partial charge in [0.15, 0.2) is 5.82 Å². The van der Waals surface area contributed by atoms with Crippen LogP contribution in [0.1, 0.15) is 81.9 Å². The van der Waals surface area contributed by atoms with E-state index in [1.807, 2.05) is 30.3 Å². The number of carbonyl (C=O) groups excluding carboxylic acids is 4. The molecule has 3 amide bonds. The SMILES string of the molecule is CCOC(=O)N1CCN(C(=O)C(CCCC(=O)OC(C)(C)C)NC(=O)c2cc(C3CC3)nc(-c3ccccc3)n2)CC1. The minimum absolute atomic E-state index is 0.116. The molecule has 2 heterocycles. The van der Waals surface area contributed by atoms with Crippen LogP contribution in [0, 0.1) is 0 Å². The number of carbonyl (C=O) groups is 4. The van der Waals surface area contributed by atoms with Crippen LogP contribution < -0.4 is 5.32 Å². The van der Waals surface area contributed by atoms with Gasteiger partial charge in [-0.1, -0.05) is 30.3 Å². The van der Waals surface area contributed by atoms with Crippen LogP contribution in [-0.4, -0.2) is 88.1 Å². The molecule has 1 unspecified atom stereocenters. The number of nitrogens with zero attached hydrogens (tertiary/aromatic N) is 4. The molecule has 226 valence electrons. The second-order valence-corrected chi connectivity index (χ2v) is 11.7. The molecule has 1 aliphatic heterocycles. The van der Waals surface area contributed by atoms with E-state index in [1.165, 1.54) is 0 Å². The summed E-state index contributed by atoms with van der Waals surface area (Å²) in [5.74, 6) is -0.342. The van der Waals surface area contributed by atoms with Gasteiger partial charge in [0, 0.05) is 49.8 Å². The standard InChI is InChI=1S/C31H41N5O6/c1-5-41-30(40)36-18-16-35(17-19-36)29(39)23(12-9-13-26(37)42-31(2,3)4)34-28(38)25-20-24(21-14-15-21)32-27(33-25)22-10-7-6-8-11-22/h6-8,10-11,20-21,23H,5,9,12-19H2,1-4H3,(H,34,38). The summed E-state index contributed by atoms with van der Waals surface area (Å²) in [6, 6.07) is 10.3. The van der Waals surface area contributed by atoms with Crippen molar-refractivity contribution in [1.29, 1.82) is 0 Å². The van der Waals surface area contributed by atoms with Crippen molar-refractivity contribution in [3.8, 4) is 11.4 Å². The van der Waals surface area contributed by atoms with Crippen molar-refractivity contribution in [1.82, 2.24) is 25.1 Å². The van der Waals surface area contributed by atoms with Gasteiger partial charge in [-0.3, -0.25) is 14.4 Å². The molecule has 2 aromatic rings. The Hall–Kier alpha value is -4.02.